The molecule has 1 atom stereocenters. The first kappa shape index (κ1) is 15.0. The molecule has 0 spiro atoms. The van der Waals surface area contributed by atoms with E-state index in [1.165, 1.54) is 49.2 Å². The topological polar surface area (TPSA) is 24.9 Å². The molecule has 0 bridgehead atoms. The predicted molar refractivity (Wildman–Crippen MR) is 83.9 cm³/mol. The monoisotopic (exact) mass is 280 g/mol. The lowest BCUT2D eigenvalue weighted by molar-refractivity contribution is 0.311. The molecule has 0 aromatic carbocycles. The molecule has 1 unspecified atom stereocenters. The maximum absolute atomic E-state index is 4.94. The maximum Gasteiger partial charge on any atom is 0.110 e. The van der Waals surface area contributed by atoms with E-state index in [4.69, 9.17) is 4.98 Å². The Morgan fingerprint density at radius 1 is 1.26 bits per heavy atom. The zero-order valence-corrected chi connectivity index (χ0v) is 13.7. The summed E-state index contributed by atoms with van der Waals surface area (Å²) in [6.07, 6.45) is 7.47. The number of fused-ring (bicyclic) bond motifs is 1. The Morgan fingerprint density at radius 2 is 2.00 bits per heavy atom. The van der Waals surface area contributed by atoms with E-state index in [1.807, 2.05) is 11.3 Å². The first-order valence-corrected chi connectivity index (χ1v) is 8.53. The summed E-state index contributed by atoms with van der Waals surface area (Å²) in [5.41, 5.74) is 1.74. The Morgan fingerprint density at radius 3 is 2.63 bits per heavy atom. The van der Waals surface area contributed by atoms with Crippen LogP contribution in [0.2, 0.25) is 0 Å². The molecule has 2 rings (SSSR count). The van der Waals surface area contributed by atoms with Crippen LogP contribution in [0, 0.1) is 5.41 Å². The summed E-state index contributed by atoms with van der Waals surface area (Å²) in [5, 5.41) is 5.03. The van der Waals surface area contributed by atoms with Gasteiger partial charge in [-0.2, -0.15) is 0 Å². The van der Waals surface area contributed by atoms with Gasteiger partial charge in [0.2, 0.25) is 0 Å². The molecule has 0 aliphatic heterocycles. The molecule has 0 saturated heterocycles. The van der Waals surface area contributed by atoms with Crippen LogP contribution in [0.4, 0.5) is 0 Å². The molecule has 0 amide bonds. The van der Waals surface area contributed by atoms with Gasteiger partial charge in [-0.1, -0.05) is 27.7 Å². The molecule has 19 heavy (non-hydrogen) atoms. The second kappa shape index (κ2) is 6.36. The van der Waals surface area contributed by atoms with E-state index < -0.39 is 0 Å². The number of thiazole rings is 1. The molecule has 1 aliphatic carbocycles. The molecular weight excluding hydrogens is 252 g/mol. The van der Waals surface area contributed by atoms with Crippen molar-refractivity contribution in [2.45, 2.75) is 72.3 Å². The summed E-state index contributed by atoms with van der Waals surface area (Å²) < 4.78 is 0. The van der Waals surface area contributed by atoms with Crippen molar-refractivity contribution in [2.75, 3.05) is 6.54 Å². The van der Waals surface area contributed by atoms with Crippen molar-refractivity contribution in [1.29, 1.82) is 0 Å². The second-order valence-corrected chi connectivity index (χ2v) is 8.02. The molecule has 1 N–H and O–H groups in total. The average molecular weight is 280 g/mol. The molecular formula is C16H28N2S. The molecule has 0 saturated carbocycles. The quantitative estimate of drug-likeness (QED) is 0.859. The van der Waals surface area contributed by atoms with Crippen molar-refractivity contribution in [3.8, 4) is 0 Å². The van der Waals surface area contributed by atoms with Crippen molar-refractivity contribution in [1.82, 2.24) is 10.3 Å². The number of hydrogen-bond donors (Lipinski definition) is 1. The molecule has 0 fully saturated rings. The minimum Gasteiger partial charge on any atom is -0.308 e. The highest BCUT2D eigenvalue weighted by molar-refractivity contribution is 7.11. The highest BCUT2D eigenvalue weighted by Crippen LogP contribution is 2.35. The van der Waals surface area contributed by atoms with Crippen molar-refractivity contribution in [3.05, 3.63) is 15.6 Å². The number of aryl methyl sites for hydroxylation is 2. The van der Waals surface area contributed by atoms with Gasteiger partial charge in [0, 0.05) is 4.88 Å². The van der Waals surface area contributed by atoms with E-state index in [9.17, 15) is 0 Å². The lowest BCUT2D eigenvalue weighted by Crippen LogP contribution is -2.26. The van der Waals surface area contributed by atoms with Crippen LogP contribution in [0.5, 0.6) is 0 Å². The molecule has 0 radical (unpaired) electrons. The van der Waals surface area contributed by atoms with Gasteiger partial charge < -0.3 is 5.32 Å². The summed E-state index contributed by atoms with van der Waals surface area (Å²) in [5.74, 6) is 0. The number of hydrogen-bond acceptors (Lipinski definition) is 3. The fraction of sp³-hybridized carbons (Fsp3) is 0.812. The molecule has 1 heterocycles. The predicted octanol–water partition coefficient (Wildman–Crippen LogP) is 4.50. The number of nitrogens with zero attached hydrogens (tertiary/aromatic N) is 1. The summed E-state index contributed by atoms with van der Waals surface area (Å²) in [6.45, 7) is 10.3. The minimum absolute atomic E-state index is 0.345. The van der Waals surface area contributed by atoms with Crippen LogP contribution in [-0.4, -0.2) is 11.5 Å². The lowest BCUT2D eigenvalue weighted by atomic mass is 9.88. The summed E-state index contributed by atoms with van der Waals surface area (Å²) in [6, 6.07) is 0.440. The number of rotatable bonds is 5. The van der Waals surface area contributed by atoms with Gasteiger partial charge in [0.15, 0.2) is 0 Å². The van der Waals surface area contributed by atoms with E-state index in [1.54, 1.807) is 4.88 Å². The van der Waals surface area contributed by atoms with Crippen LogP contribution in [0.25, 0.3) is 0 Å². The van der Waals surface area contributed by atoms with E-state index >= 15 is 0 Å². The third-order valence-corrected chi connectivity index (χ3v) is 4.89. The Labute approximate surface area is 122 Å². The van der Waals surface area contributed by atoms with Crippen LogP contribution < -0.4 is 5.32 Å². The standard InChI is InChI=1S/C16H28N2S/c1-5-10-17-13(11-16(2,3)4)15-18-12-8-6-7-9-14(12)19-15/h13,17H,5-11H2,1-4H3. The van der Waals surface area contributed by atoms with Gasteiger partial charge >= 0.3 is 0 Å². The van der Waals surface area contributed by atoms with Crippen LogP contribution in [0.1, 0.15) is 75.0 Å². The van der Waals surface area contributed by atoms with Gasteiger partial charge in [0.05, 0.1) is 11.7 Å². The fourth-order valence-corrected chi connectivity index (χ4v) is 3.93. The summed E-state index contributed by atoms with van der Waals surface area (Å²) in [4.78, 5) is 6.50. The normalized spacial score (nSPS) is 17.3. The summed E-state index contributed by atoms with van der Waals surface area (Å²) >= 11 is 1.96. The Balaban J connectivity index is 2.14. The Kier molecular flexibility index (Phi) is 5.02. The third-order valence-electron chi connectivity index (χ3n) is 3.62. The van der Waals surface area contributed by atoms with Crippen molar-refractivity contribution < 1.29 is 0 Å². The van der Waals surface area contributed by atoms with E-state index in [-0.39, 0.29) is 0 Å². The largest absolute Gasteiger partial charge is 0.308 e. The van der Waals surface area contributed by atoms with Crippen LogP contribution >= 0.6 is 11.3 Å². The van der Waals surface area contributed by atoms with Gasteiger partial charge in [0.25, 0.3) is 0 Å². The van der Waals surface area contributed by atoms with Gasteiger partial charge in [-0.3, -0.25) is 0 Å². The zero-order chi connectivity index (χ0) is 13.9. The molecule has 1 aromatic heterocycles. The SMILES string of the molecule is CCCNC(CC(C)(C)C)c1nc2c(s1)CCCC2. The molecule has 1 aromatic rings. The van der Waals surface area contributed by atoms with Gasteiger partial charge in [0.1, 0.15) is 5.01 Å². The fourth-order valence-electron chi connectivity index (χ4n) is 2.70. The van der Waals surface area contributed by atoms with Gasteiger partial charge in [-0.05, 0) is 50.5 Å². The lowest BCUT2D eigenvalue weighted by Gasteiger charge is -2.25. The van der Waals surface area contributed by atoms with E-state index in [0.717, 1.165) is 6.54 Å². The smallest absolute Gasteiger partial charge is 0.110 e. The third kappa shape index (κ3) is 4.28. The molecule has 1 aliphatic rings. The van der Waals surface area contributed by atoms with Crippen LogP contribution in [0.3, 0.4) is 0 Å². The zero-order valence-electron chi connectivity index (χ0n) is 12.9. The average Bonchev–Trinajstić information content (AvgIpc) is 2.76. The second-order valence-electron chi connectivity index (χ2n) is 6.90. The molecule has 2 nitrogen and oxygen atoms in total. The van der Waals surface area contributed by atoms with Crippen molar-refractivity contribution in [3.63, 3.8) is 0 Å². The van der Waals surface area contributed by atoms with Crippen LogP contribution in [-0.2, 0) is 12.8 Å². The molecule has 108 valence electrons. The van der Waals surface area contributed by atoms with E-state index in [2.05, 4.69) is 33.0 Å². The maximum atomic E-state index is 4.94. The minimum atomic E-state index is 0.345. The first-order chi connectivity index (χ1) is 8.99. The highest BCUT2D eigenvalue weighted by Gasteiger charge is 2.24. The van der Waals surface area contributed by atoms with Crippen molar-refractivity contribution in [2.24, 2.45) is 5.41 Å². The van der Waals surface area contributed by atoms with Crippen molar-refractivity contribution >= 4 is 11.3 Å². The van der Waals surface area contributed by atoms with Crippen LogP contribution in [0.15, 0.2) is 0 Å². The van der Waals surface area contributed by atoms with E-state index in [0.29, 0.717) is 11.5 Å². The Bertz CT molecular complexity index is 380. The number of nitrogens with one attached hydrogen (secondary N) is 1. The van der Waals surface area contributed by atoms with Gasteiger partial charge in [-0.15, -0.1) is 11.3 Å². The first-order valence-electron chi connectivity index (χ1n) is 7.71. The Hall–Kier alpha value is -0.410. The highest BCUT2D eigenvalue weighted by atomic mass is 32.1. The molecule has 3 heteroatoms. The van der Waals surface area contributed by atoms with Gasteiger partial charge in [-0.25, -0.2) is 4.98 Å². The number of aromatic nitrogens is 1. The summed E-state index contributed by atoms with van der Waals surface area (Å²) in [7, 11) is 0.